The summed E-state index contributed by atoms with van der Waals surface area (Å²) in [6.07, 6.45) is 3.09. The van der Waals surface area contributed by atoms with Crippen molar-refractivity contribution in [2.75, 3.05) is 0 Å². The molecule has 1 heterocycles. The highest BCUT2D eigenvalue weighted by Gasteiger charge is 1.90. The van der Waals surface area contributed by atoms with Crippen molar-refractivity contribution in [1.29, 1.82) is 0 Å². The SMILES string of the molecule is O=c1c[c]occ1O. The van der Waals surface area contributed by atoms with Crippen molar-refractivity contribution in [3.8, 4) is 5.75 Å². The molecule has 1 rings (SSSR count). The Hall–Kier alpha value is -1.25. The van der Waals surface area contributed by atoms with Gasteiger partial charge in [0, 0.05) is 6.07 Å². The van der Waals surface area contributed by atoms with Gasteiger partial charge in [-0.1, -0.05) is 0 Å². The van der Waals surface area contributed by atoms with Crippen LogP contribution in [-0.2, 0) is 0 Å². The van der Waals surface area contributed by atoms with Crippen molar-refractivity contribution >= 4 is 0 Å². The van der Waals surface area contributed by atoms with Gasteiger partial charge in [-0.15, -0.1) is 0 Å². The largest absolute Gasteiger partial charge is 0.502 e. The molecule has 0 aromatic carbocycles. The summed E-state index contributed by atoms with van der Waals surface area (Å²) in [6, 6.07) is 1.02. The molecule has 0 amide bonds. The fraction of sp³-hybridized carbons (Fsp3) is 0. The Kier molecular flexibility index (Phi) is 1.04. The fourth-order valence-electron chi connectivity index (χ4n) is 0.309. The van der Waals surface area contributed by atoms with Gasteiger partial charge in [0.25, 0.3) is 0 Å². The van der Waals surface area contributed by atoms with E-state index in [1.54, 1.807) is 0 Å². The molecule has 0 aliphatic rings. The highest BCUT2D eigenvalue weighted by molar-refractivity contribution is 5.10. The van der Waals surface area contributed by atoms with Crippen LogP contribution in [0.3, 0.4) is 0 Å². The lowest BCUT2D eigenvalue weighted by Gasteiger charge is -1.81. The lowest BCUT2D eigenvalue weighted by molar-refractivity contribution is 0.427. The third kappa shape index (κ3) is 0.703. The first kappa shape index (κ1) is 4.90. The van der Waals surface area contributed by atoms with Crippen LogP contribution in [0.15, 0.2) is 21.5 Å². The van der Waals surface area contributed by atoms with Gasteiger partial charge in [-0.25, -0.2) is 0 Å². The Morgan fingerprint density at radius 2 is 2.50 bits per heavy atom. The third-order valence-electron chi connectivity index (χ3n) is 0.681. The summed E-state index contributed by atoms with van der Waals surface area (Å²) in [5, 5.41) is 8.49. The Labute approximate surface area is 45.2 Å². The van der Waals surface area contributed by atoms with Crippen LogP contribution >= 0.6 is 0 Å². The van der Waals surface area contributed by atoms with Gasteiger partial charge in [0.1, 0.15) is 6.26 Å². The zero-order valence-corrected chi connectivity index (χ0v) is 3.92. The first-order valence-corrected chi connectivity index (χ1v) is 1.98. The molecule has 0 aliphatic heterocycles. The molecule has 0 aliphatic carbocycles. The van der Waals surface area contributed by atoms with E-state index in [0.29, 0.717) is 0 Å². The van der Waals surface area contributed by atoms with E-state index in [1.165, 1.54) is 0 Å². The molecular weight excluding hydrogens is 108 g/mol. The topological polar surface area (TPSA) is 50.4 Å². The van der Waals surface area contributed by atoms with Gasteiger partial charge in [0.05, 0.1) is 0 Å². The summed E-state index contributed by atoms with van der Waals surface area (Å²) >= 11 is 0. The van der Waals surface area contributed by atoms with E-state index in [2.05, 4.69) is 10.7 Å². The Balaban J connectivity index is 3.35. The fourth-order valence-corrected chi connectivity index (χ4v) is 0.309. The Morgan fingerprint density at radius 1 is 1.75 bits per heavy atom. The number of hydrogen-bond acceptors (Lipinski definition) is 3. The highest BCUT2D eigenvalue weighted by atomic mass is 16.3. The molecule has 0 saturated carbocycles. The van der Waals surface area contributed by atoms with Crippen LogP contribution in [0, 0.1) is 6.26 Å². The number of aromatic hydroxyl groups is 1. The van der Waals surface area contributed by atoms with E-state index in [4.69, 9.17) is 5.11 Å². The van der Waals surface area contributed by atoms with Gasteiger partial charge in [-0.3, -0.25) is 4.79 Å². The van der Waals surface area contributed by atoms with E-state index in [-0.39, 0.29) is 5.75 Å². The maximum absolute atomic E-state index is 10.3. The predicted octanol–water partition coefficient (Wildman–Crippen LogP) is 0.146. The van der Waals surface area contributed by atoms with Crippen molar-refractivity contribution in [3.63, 3.8) is 0 Å². The van der Waals surface area contributed by atoms with E-state index in [0.717, 1.165) is 12.3 Å². The summed E-state index contributed by atoms with van der Waals surface area (Å²) < 4.78 is 4.31. The second-order valence-electron chi connectivity index (χ2n) is 1.25. The van der Waals surface area contributed by atoms with Crippen LogP contribution < -0.4 is 5.43 Å². The molecule has 0 saturated heterocycles. The van der Waals surface area contributed by atoms with Gasteiger partial charge in [0.2, 0.25) is 5.43 Å². The first-order valence-electron chi connectivity index (χ1n) is 1.98. The van der Waals surface area contributed by atoms with E-state index in [9.17, 15) is 4.79 Å². The summed E-state index contributed by atoms with van der Waals surface area (Å²) in [5.41, 5.74) is -0.476. The standard InChI is InChI=1S/C5H3O3/c6-4-1-2-8-3-5(4)7/h1,3,7H. The zero-order chi connectivity index (χ0) is 5.98. The molecule has 1 radical (unpaired) electrons. The average Bonchev–Trinajstić information content (AvgIpc) is 1.77. The molecule has 3 nitrogen and oxygen atoms in total. The lowest BCUT2D eigenvalue weighted by atomic mass is 10.5. The van der Waals surface area contributed by atoms with Crippen LogP contribution in [0.4, 0.5) is 0 Å². The number of rotatable bonds is 0. The Morgan fingerprint density at radius 3 is 2.88 bits per heavy atom. The minimum atomic E-state index is -0.476. The van der Waals surface area contributed by atoms with Crippen LogP contribution in [0.5, 0.6) is 5.75 Å². The summed E-state index contributed by atoms with van der Waals surface area (Å²) in [7, 11) is 0. The quantitative estimate of drug-likeness (QED) is 0.518. The van der Waals surface area contributed by atoms with Crippen LogP contribution in [0.1, 0.15) is 0 Å². The first-order chi connectivity index (χ1) is 3.80. The minimum Gasteiger partial charge on any atom is -0.502 e. The smallest absolute Gasteiger partial charge is 0.227 e. The predicted molar refractivity (Wildman–Crippen MR) is 25.5 cm³/mol. The van der Waals surface area contributed by atoms with Crippen molar-refractivity contribution in [2.24, 2.45) is 0 Å². The van der Waals surface area contributed by atoms with Crippen LogP contribution in [0.2, 0.25) is 0 Å². The van der Waals surface area contributed by atoms with E-state index in [1.807, 2.05) is 0 Å². The molecule has 41 valence electrons. The second kappa shape index (κ2) is 1.69. The van der Waals surface area contributed by atoms with Gasteiger partial charge in [-0.05, 0) is 0 Å². The highest BCUT2D eigenvalue weighted by Crippen LogP contribution is 1.94. The van der Waals surface area contributed by atoms with Crippen molar-refractivity contribution in [3.05, 3.63) is 28.8 Å². The van der Waals surface area contributed by atoms with Crippen LogP contribution in [-0.4, -0.2) is 5.11 Å². The zero-order valence-electron chi connectivity index (χ0n) is 3.92. The molecule has 0 spiro atoms. The molecule has 1 aromatic heterocycles. The van der Waals surface area contributed by atoms with E-state index < -0.39 is 5.43 Å². The molecule has 0 unspecified atom stereocenters. The van der Waals surface area contributed by atoms with Gasteiger partial charge in [-0.2, -0.15) is 0 Å². The van der Waals surface area contributed by atoms with Gasteiger partial charge in [0.15, 0.2) is 12.0 Å². The third-order valence-corrected chi connectivity index (χ3v) is 0.681. The van der Waals surface area contributed by atoms with E-state index >= 15 is 0 Å². The number of hydrogen-bond donors (Lipinski definition) is 1. The molecule has 1 aromatic rings. The normalized spacial score (nSPS) is 9.00. The maximum atomic E-state index is 10.3. The molecule has 8 heavy (non-hydrogen) atoms. The van der Waals surface area contributed by atoms with Crippen molar-refractivity contribution in [1.82, 2.24) is 0 Å². The molecule has 3 heteroatoms. The molecule has 0 bridgehead atoms. The molecule has 1 N–H and O–H groups in total. The second-order valence-corrected chi connectivity index (χ2v) is 1.25. The molecular formula is C5H3O3. The summed E-state index contributed by atoms with van der Waals surface area (Å²) in [4.78, 5) is 10.3. The molecule has 0 atom stereocenters. The average molecular weight is 111 g/mol. The van der Waals surface area contributed by atoms with Gasteiger partial charge < -0.3 is 9.52 Å². The van der Waals surface area contributed by atoms with Crippen molar-refractivity contribution < 1.29 is 9.52 Å². The summed E-state index contributed by atoms with van der Waals surface area (Å²) in [6.45, 7) is 0. The Bertz CT molecular complexity index is 225. The van der Waals surface area contributed by atoms with Crippen LogP contribution in [0.25, 0.3) is 0 Å². The van der Waals surface area contributed by atoms with Gasteiger partial charge >= 0.3 is 0 Å². The van der Waals surface area contributed by atoms with Crippen molar-refractivity contribution in [2.45, 2.75) is 0 Å². The monoisotopic (exact) mass is 111 g/mol. The minimum absolute atomic E-state index is 0.385. The summed E-state index contributed by atoms with van der Waals surface area (Å²) in [5.74, 6) is -0.385. The molecule has 0 fully saturated rings. The maximum Gasteiger partial charge on any atom is 0.227 e. The lowest BCUT2D eigenvalue weighted by Crippen LogP contribution is -1.94.